The van der Waals surface area contributed by atoms with Crippen LogP contribution in [-0.2, 0) is 17.1 Å². The number of rotatable bonds is 6. The van der Waals surface area contributed by atoms with Gasteiger partial charge in [0, 0.05) is 30.1 Å². The number of aromatic amines is 1. The fourth-order valence-corrected chi connectivity index (χ4v) is 4.11. The summed E-state index contributed by atoms with van der Waals surface area (Å²) in [7, 11) is -1.94. The van der Waals surface area contributed by atoms with Crippen LogP contribution in [0.4, 0.5) is 5.69 Å². The largest absolute Gasteiger partial charge is 0.457 e. The van der Waals surface area contributed by atoms with Crippen LogP contribution in [-0.4, -0.2) is 23.7 Å². The minimum absolute atomic E-state index is 0.0991. The topological polar surface area (TPSA) is 141 Å². The van der Waals surface area contributed by atoms with E-state index in [1.54, 1.807) is 55.7 Å². The number of fused-ring (bicyclic) bond motifs is 1. The molecule has 0 unspecified atom stereocenters. The zero-order chi connectivity index (χ0) is 24.5. The van der Waals surface area contributed by atoms with Crippen LogP contribution in [0.2, 0.25) is 0 Å². The lowest BCUT2D eigenvalue weighted by Crippen LogP contribution is -2.16. The molecule has 2 heterocycles. The van der Waals surface area contributed by atoms with Gasteiger partial charge in [-0.15, -0.1) is 0 Å². The van der Waals surface area contributed by atoms with Crippen molar-refractivity contribution >= 4 is 26.6 Å². The van der Waals surface area contributed by atoms with E-state index < -0.39 is 10.0 Å². The first kappa shape index (κ1) is 22.6. The average molecular weight is 474 g/mol. The number of hydrogen-bond acceptors (Lipinski definition) is 6. The molecule has 0 bridgehead atoms. The molecule has 0 aliphatic rings. The highest BCUT2D eigenvalue weighted by molar-refractivity contribution is 7.92. The second kappa shape index (κ2) is 8.77. The summed E-state index contributed by atoms with van der Waals surface area (Å²) in [5.41, 5.74) is 2.20. The lowest BCUT2D eigenvalue weighted by atomic mass is 10.0. The van der Waals surface area contributed by atoms with E-state index in [-0.39, 0.29) is 17.0 Å². The Kier molecular flexibility index (Phi) is 5.84. The molecule has 10 heteroatoms. The molecule has 2 aromatic carbocycles. The molecular formula is C24H19N5O4S. The summed E-state index contributed by atoms with van der Waals surface area (Å²) in [6.45, 7) is 1.53. The van der Waals surface area contributed by atoms with E-state index in [1.165, 1.54) is 17.6 Å². The van der Waals surface area contributed by atoms with Crippen molar-refractivity contribution in [2.24, 2.45) is 7.05 Å². The van der Waals surface area contributed by atoms with Gasteiger partial charge in [-0.1, -0.05) is 0 Å². The van der Waals surface area contributed by atoms with E-state index in [9.17, 15) is 18.5 Å². The van der Waals surface area contributed by atoms with Gasteiger partial charge >= 0.3 is 0 Å². The highest BCUT2D eigenvalue weighted by Crippen LogP contribution is 2.38. The molecule has 0 amide bonds. The van der Waals surface area contributed by atoms with Gasteiger partial charge in [-0.3, -0.25) is 9.52 Å². The summed E-state index contributed by atoms with van der Waals surface area (Å²) in [6.07, 6.45) is 1.60. The number of ether oxygens (including phenoxy) is 1. The van der Waals surface area contributed by atoms with Gasteiger partial charge < -0.3 is 14.3 Å². The number of sulfonamides is 1. The maximum atomic E-state index is 12.7. The number of nitriles is 2. The normalized spacial score (nSPS) is 11.1. The fourth-order valence-electron chi connectivity index (χ4n) is 3.48. The third-order valence-electron chi connectivity index (χ3n) is 5.22. The van der Waals surface area contributed by atoms with Gasteiger partial charge in [0.25, 0.3) is 5.56 Å². The molecule has 0 saturated carbocycles. The Morgan fingerprint density at radius 1 is 1.06 bits per heavy atom. The van der Waals surface area contributed by atoms with E-state index in [0.29, 0.717) is 44.8 Å². The molecule has 4 rings (SSSR count). The van der Waals surface area contributed by atoms with Gasteiger partial charge in [-0.2, -0.15) is 10.5 Å². The highest BCUT2D eigenvalue weighted by atomic mass is 32.2. The summed E-state index contributed by atoms with van der Waals surface area (Å²) < 4.78 is 34.3. The van der Waals surface area contributed by atoms with Crippen LogP contribution in [0.1, 0.15) is 18.2 Å². The fraction of sp³-hybridized carbons (Fsp3) is 0.125. The average Bonchev–Trinajstić information content (AvgIpc) is 3.28. The van der Waals surface area contributed by atoms with Crippen LogP contribution in [0.25, 0.3) is 22.0 Å². The van der Waals surface area contributed by atoms with Crippen LogP contribution >= 0.6 is 0 Å². The molecule has 2 N–H and O–H groups in total. The van der Waals surface area contributed by atoms with E-state index in [2.05, 4.69) is 9.71 Å². The molecule has 2 aromatic heterocycles. The zero-order valence-corrected chi connectivity index (χ0v) is 19.1. The summed E-state index contributed by atoms with van der Waals surface area (Å²) in [5.74, 6) is 0.752. The number of anilines is 1. The molecule has 0 aliphatic heterocycles. The Hall–Kier alpha value is -4.54. The molecule has 9 nitrogen and oxygen atoms in total. The van der Waals surface area contributed by atoms with Gasteiger partial charge in [0.05, 0.1) is 28.3 Å². The lowest BCUT2D eigenvalue weighted by Gasteiger charge is -2.15. The number of nitrogens with one attached hydrogen (secondary N) is 2. The van der Waals surface area contributed by atoms with Crippen LogP contribution in [0.3, 0.4) is 0 Å². The Labute approximate surface area is 195 Å². The summed E-state index contributed by atoms with van der Waals surface area (Å²) in [4.78, 5) is 15.6. The Balaban J connectivity index is 1.94. The van der Waals surface area contributed by atoms with Crippen molar-refractivity contribution in [3.63, 3.8) is 0 Å². The van der Waals surface area contributed by atoms with Crippen molar-refractivity contribution in [2.75, 3.05) is 10.5 Å². The zero-order valence-electron chi connectivity index (χ0n) is 18.3. The van der Waals surface area contributed by atoms with Crippen molar-refractivity contribution in [3.05, 3.63) is 76.3 Å². The Bertz CT molecular complexity index is 1650. The first-order valence-electron chi connectivity index (χ1n) is 10.2. The summed E-state index contributed by atoms with van der Waals surface area (Å²) in [5, 5.41) is 18.7. The second-order valence-electron chi connectivity index (χ2n) is 7.50. The number of benzene rings is 2. The minimum Gasteiger partial charge on any atom is -0.457 e. The number of pyridine rings is 1. The van der Waals surface area contributed by atoms with Crippen LogP contribution in [0.15, 0.2) is 59.5 Å². The molecule has 0 radical (unpaired) electrons. The quantitative estimate of drug-likeness (QED) is 0.436. The predicted molar refractivity (Wildman–Crippen MR) is 128 cm³/mol. The van der Waals surface area contributed by atoms with Gasteiger partial charge in [-0.05, 0) is 55.5 Å². The SMILES string of the molecule is CCS(=O)(=O)Nc1ccc(Oc2ccc(C#N)cc2)c(-c2cn(C)c(=O)c3cc(C#N)[nH]c23)c1. The van der Waals surface area contributed by atoms with Crippen LogP contribution < -0.4 is 15.0 Å². The van der Waals surface area contributed by atoms with Gasteiger partial charge in [0.1, 0.15) is 23.3 Å². The monoisotopic (exact) mass is 473 g/mol. The summed E-state index contributed by atoms with van der Waals surface area (Å²) >= 11 is 0. The molecule has 34 heavy (non-hydrogen) atoms. The van der Waals surface area contributed by atoms with Crippen molar-refractivity contribution in [3.8, 4) is 34.8 Å². The number of aryl methyl sites for hydroxylation is 1. The number of nitrogens with zero attached hydrogens (tertiary/aromatic N) is 3. The van der Waals surface area contributed by atoms with Crippen molar-refractivity contribution < 1.29 is 13.2 Å². The van der Waals surface area contributed by atoms with E-state index in [0.717, 1.165) is 0 Å². The van der Waals surface area contributed by atoms with Crippen LogP contribution in [0, 0.1) is 22.7 Å². The number of aromatic nitrogens is 2. The molecule has 0 saturated heterocycles. The van der Waals surface area contributed by atoms with E-state index in [1.807, 2.05) is 12.1 Å². The van der Waals surface area contributed by atoms with Gasteiger partial charge in [0.15, 0.2) is 0 Å². The van der Waals surface area contributed by atoms with Crippen molar-refractivity contribution in [1.29, 1.82) is 10.5 Å². The van der Waals surface area contributed by atoms with Gasteiger partial charge in [-0.25, -0.2) is 8.42 Å². The maximum Gasteiger partial charge on any atom is 0.259 e. The van der Waals surface area contributed by atoms with Crippen molar-refractivity contribution in [1.82, 2.24) is 9.55 Å². The second-order valence-corrected chi connectivity index (χ2v) is 9.51. The molecule has 0 spiro atoms. The molecular weight excluding hydrogens is 454 g/mol. The van der Waals surface area contributed by atoms with Gasteiger partial charge in [0.2, 0.25) is 10.0 Å². The van der Waals surface area contributed by atoms with E-state index >= 15 is 0 Å². The summed E-state index contributed by atoms with van der Waals surface area (Å²) in [6, 6.07) is 16.9. The molecule has 0 fully saturated rings. The van der Waals surface area contributed by atoms with Crippen LogP contribution in [0.5, 0.6) is 11.5 Å². The first-order valence-corrected chi connectivity index (χ1v) is 11.8. The Morgan fingerprint density at radius 3 is 2.44 bits per heavy atom. The minimum atomic E-state index is -3.54. The lowest BCUT2D eigenvalue weighted by molar-refractivity contribution is 0.484. The van der Waals surface area contributed by atoms with Crippen molar-refractivity contribution in [2.45, 2.75) is 6.92 Å². The molecule has 170 valence electrons. The maximum absolute atomic E-state index is 12.7. The molecule has 0 atom stereocenters. The molecule has 4 aromatic rings. The standard InChI is InChI=1S/C24H19N5O4S/c1-3-34(31,32)28-16-6-9-22(33-18-7-4-15(12-25)5-8-18)19(10-16)21-14-29(2)24(30)20-11-17(13-26)27-23(20)21/h4-11,14,27-28H,3H2,1-2H3. The predicted octanol–water partition coefficient (Wildman–Crippen LogP) is 3.83. The first-order chi connectivity index (χ1) is 16.2. The highest BCUT2D eigenvalue weighted by Gasteiger charge is 2.18. The number of H-pyrrole nitrogens is 1. The Morgan fingerprint density at radius 2 is 1.79 bits per heavy atom. The third kappa shape index (κ3) is 4.35. The van der Waals surface area contributed by atoms with E-state index in [4.69, 9.17) is 10.00 Å². The smallest absolute Gasteiger partial charge is 0.259 e. The third-order valence-corrected chi connectivity index (χ3v) is 6.52. The molecule has 0 aliphatic carbocycles. The number of hydrogen-bond donors (Lipinski definition) is 2.